The van der Waals surface area contributed by atoms with Crippen molar-refractivity contribution >= 4 is 28.2 Å². The number of para-hydroxylation sites is 1. The van der Waals surface area contributed by atoms with Crippen molar-refractivity contribution in [2.45, 2.75) is 6.54 Å². The number of amides is 1. The van der Waals surface area contributed by atoms with Crippen molar-refractivity contribution in [3.63, 3.8) is 0 Å². The fraction of sp³-hybridized carbons (Fsp3) is 0.250. The number of nitro benzene ring substituents is 1. The van der Waals surface area contributed by atoms with Crippen molar-refractivity contribution in [3.05, 3.63) is 75.1 Å². The second-order valence-electron chi connectivity index (χ2n) is 6.96. The molecule has 1 fully saturated rings. The van der Waals surface area contributed by atoms with E-state index in [9.17, 15) is 24.1 Å². The highest BCUT2D eigenvalue weighted by molar-refractivity contribution is 5.81. The lowest BCUT2D eigenvalue weighted by molar-refractivity contribution is -0.384. The van der Waals surface area contributed by atoms with Crippen LogP contribution >= 0.6 is 0 Å². The van der Waals surface area contributed by atoms with Gasteiger partial charge in [0, 0.05) is 38.3 Å². The summed E-state index contributed by atoms with van der Waals surface area (Å²) in [6, 6.07) is 10.3. The minimum atomic E-state index is -0.587. The molecule has 154 valence electrons. The molecule has 0 aliphatic carbocycles. The topological polar surface area (TPSA) is 102 Å². The zero-order chi connectivity index (χ0) is 21.3. The van der Waals surface area contributed by atoms with Gasteiger partial charge in [-0.15, -0.1) is 0 Å². The highest BCUT2D eigenvalue weighted by atomic mass is 19.1. The van der Waals surface area contributed by atoms with Crippen LogP contribution in [0.3, 0.4) is 0 Å². The van der Waals surface area contributed by atoms with Crippen LogP contribution in [0.15, 0.2) is 53.6 Å². The second kappa shape index (κ2) is 7.90. The summed E-state index contributed by atoms with van der Waals surface area (Å²) in [5.74, 6) is -0.572. The zero-order valence-electron chi connectivity index (χ0n) is 15.9. The van der Waals surface area contributed by atoms with Crippen molar-refractivity contribution in [1.29, 1.82) is 0 Å². The summed E-state index contributed by atoms with van der Waals surface area (Å²) >= 11 is 0. The summed E-state index contributed by atoms with van der Waals surface area (Å²) in [5, 5.41) is 11.1. The molecule has 10 heteroatoms. The molecule has 0 N–H and O–H groups in total. The van der Waals surface area contributed by atoms with E-state index in [1.54, 1.807) is 23.1 Å². The Morgan fingerprint density at radius 3 is 2.57 bits per heavy atom. The third kappa shape index (κ3) is 3.71. The van der Waals surface area contributed by atoms with Crippen molar-refractivity contribution < 1.29 is 14.1 Å². The Morgan fingerprint density at radius 1 is 1.13 bits per heavy atom. The summed E-state index contributed by atoms with van der Waals surface area (Å²) in [6.07, 6.45) is 1.27. The average molecular weight is 411 g/mol. The van der Waals surface area contributed by atoms with Gasteiger partial charge in [-0.25, -0.2) is 9.37 Å². The number of halogens is 1. The number of hydrogen-bond acceptors (Lipinski definition) is 6. The molecule has 1 aliphatic heterocycles. The zero-order valence-corrected chi connectivity index (χ0v) is 15.9. The highest BCUT2D eigenvalue weighted by Crippen LogP contribution is 2.20. The summed E-state index contributed by atoms with van der Waals surface area (Å²) in [7, 11) is 0. The van der Waals surface area contributed by atoms with Gasteiger partial charge in [-0.2, -0.15) is 0 Å². The van der Waals surface area contributed by atoms with Crippen molar-refractivity contribution in [1.82, 2.24) is 14.5 Å². The highest BCUT2D eigenvalue weighted by Gasteiger charge is 2.23. The number of anilines is 1. The number of benzene rings is 2. The molecule has 1 aliphatic rings. The Balaban J connectivity index is 1.47. The number of piperazine rings is 1. The van der Waals surface area contributed by atoms with Gasteiger partial charge < -0.3 is 9.80 Å². The van der Waals surface area contributed by atoms with Crippen molar-refractivity contribution in [2.75, 3.05) is 31.1 Å². The molecule has 0 bridgehead atoms. The fourth-order valence-electron chi connectivity index (χ4n) is 3.52. The molecule has 0 spiro atoms. The Hall–Kier alpha value is -3.82. The van der Waals surface area contributed by atoms with E-state index in [-0.39, 0.29) is 29.3 Å². The van der Waals surface area contributed by atoms with E-state index < -0.39 is 10.5 Å². The third-order valence-corrected chi connectivity index (χ3v) is 5.15. The quantitative estimate of drug-likeness (QED) is 0.479. The largest absolute Gasteiger partial charge is 0.366 e. The molecular weight excluding hydrogens is 393 g/mol. The number of nitrogens with zero attached hydrogens (tertiary/aromatic N) is 5. The molecule has 1 amide bonds. The Morgan fingerprint density at radius 2 is 1.87 bits per heavy atom. The smallest absolute Gasteiger partial charge is 0.270 e. The number of non-ortho nitro benzene ring substituents is 1. The molecule has 0 radical (unpaired) electrons. The molecule has 0 atom stereocenters. The third-order valence-electron chi connectivity index (χ3n) is 5.15. The number of fused-ring (bicyclic) bond motifs is 1. The van der Waals surface area contributed by atoms with E-state index in [0.717, 1.165) is 4.57 Å². The van der Waals surface area contributed by atoms with Gasteiger partial charge in [0.1, 0.15) is 12.4 Å². The maximum atomic E-state index is 14.0. The first-order valence-electron chi connectivity index (χ1n) is 9.35. The molecule has 2 aromatic carbocycles. The number of rotatable bonds is 4. The molecule has 4 rings (SSSR count). The van der Waals surface area contributed by atoms with Gasteiger partial charge in [0.2, 0.25) is 5.91 Å². The molecule has 2 heterocycles. The van der Waals surface area contributed by atoms with Crippen molar-refractivity contribution in [3.8, 4) is 0 Å². The van der Waals surface area contributed by atoms with E-state index >= 15 is 0 Å². The lowest BCUT2D eigenvalue weighted by Gasteiger charge is -2.36. The van der Waals surface area contributed by atoms with Crippen LogP contribution in [0.4, 0.5) is 15.8 Å². The number of carbonyl (C=O) groups excluding carboxylic acids is 1. The summed E-state index contributed by atoms with van der Waals surface area (Å²) in [6.45, 7) is 1.53. The Kier molecular flexibility index (Phi) is 5.13. The van der Waals surface area contributed by atoms with E-state index in [1.165, 1.54) is 30.6 Å². The van der Waals surface area contributed by atoms with Gasteiger partial charge in [-0.3, -0.25) is 24.3 Å². The number of nitro groups is 1. The molecule has 0 unspecified atom stereocenters. The second-order valence-corrected chi connectivity index (χ2v) is 6.96. The van der Waals surface area contributed by atoms with Gasteiger partial charge in [-0.1, -0.05) is 12.1 Å². The fourth-order valence-corrected chi connectivity index (χ4v) is 3.52. The van der Waals surface area contributed by atoms with Crippen molar-refractivity contribution in [2.24, 2.45) is 0 Å². The first-order valence-corrected chi connectivity index (χ1v) is 9.35. The number of hydrogen-bond donors (Lipinski definition) is 0. The maximum Gasteiger partial charge on any atom is 0.270 e. The van der Waals surface area contributed by atoms with Crippen LogP contribution < -0.4 is 10.5 Å². The first kappa shape index (κ1) is 19.5. The lowest BCUT2D eigenvalue weighted by atomic mass is 10.2. The minimum Gasteiger partial charge on any atom is -0.366 e. The molecule has 3 aromatic rings. The van der Waals surface area contributed by atoms with Crippen LogP contribution in [0.25, 0.3) is 10.9 Å². The van der Waals surface area contributed by atoms with E-state index in [1.807, 2.05) is 4.90 Å². The normalized spacial score (nSPS) is 14.2. The number of carbonyl (C=O) groups is 1. The summed E-state index contributed by atoms with van der Waals surface area (Å²) < 4.78 is 15.1. The lowest BCUT2D eigenvalue weighted by Crippen LogP contribution is -2.50. The van der Waals surface area contributed by atoms with Crippen LogP contribution in [0.1, 0.15) is 0 Å². The Labute approximate surface area is 170 Å². The molecular formula is C20H18FN5O4. The first-order chi connectivity index (χ1) is 14.4. The molecule has 30 heavy (non-hydrogen) atoms. The monoisotopic (exact) mass is 411 g/mol. The molecule has 9 nitrogen and oxygen atoms in total. The number of aromatic nitrogens is 2. The van der Waals surface area contributed by atoms with Crippen LogP contribution in [0.2, 0.25) is 0 Å². The van der Waals surface area contributed by atoms with Crippen LogP contribution in [0.5, 0.6) is 0 Å². The van der Waals surface area contributed by atoms with Gasteiger partial charge in [0.05, 0.1) is 27.8 Å². The molecule has 0 saturated carbocycles. The predicted octanol–water partition coefficient (Wildman–Crippen LogP) is 1.79. The van der Waals surface area contributed by atoms with Gasteiger partial charge in [0.15, 0.2) is 0 Å². The SMILES string of the molecule is O=C(Cn1cnc2ccc([N+](=O)[O-])cc2c1=O)N1CCN(c2ccccc2F)CC1. The summed E-state index contributed by atoms with van der Waals surface area (Å²) in [4.78, 5) is 43.3. The van der Waals surface area contributed by atoms with Crippen LogP contribution in [-0.4, -0.2) is 51.5 Å². The van der Waals surface area contributed by atoms with Gasteiger partial charge >= 0.3 is 0 Å². The maximum absolute atomic E-state index is 14.0. The van der Waals surface area contributed by atoms with Gasteiger partial charge in [-0.05, 0) is 18.2 Å². The molecule has 1 saturated heterocycles. The molecule has 1 aromatic heterocycles. The van der Waals surface area contributed by atoms with Crippen LogP contribution in [0, 0.1) is 15.9 Å². The van der Waals surface area contributed by atoms with E-state index in [4.69, 9.17) is 0 Å². The predicted molar refractivity (Wildman–Crippen MR) is 108 cm³/mol. The van der Waals surface area contributed by atoms with Crippen LogP contribution in [-0.2, 0) is 11.3 Å². The van der Waals surface area contributed by atoms with E-state index in [2.05, 4.69) is 4.98 Å². The minimum absolute atomic E-state index is 0.0869. The van der Waals surface area contributed by atoms with Gasteiger partial charge in [0.25, 0.3) is 11.2 Å². The summed E-state index contributed by atoms with van der Waals surface area (Å²) in [5.41, 5.74) is 0.103. The standard InChI is InChI=1S/C20H18FN5O4/c21-16-3-1-2-4-18(16)23-7-9-24(10-8-23)19(27)12-25-13-22-17-6-5-14(26(29)30)11-15(17)20(25)28/h1-6,11,13H,7-10,12H2. The average Bonchev–Trinajstić information content (AvgIpc) is 2.76. The van der Waals surface area contributed by atoms with E-state index in [0.29, 0.717) is 37.4 Å². The Bertz CT molecular complexity index is 1190.